The van der Waals surface area contributed by atoms with Crippen LogP contribution < -0.4 is 10.6 Å². The van der Waals surface area contributed by atoms with Gasteiger partial charge in [-0.05, 0) is 6.92 Å². The monoisotopic (exact) mass is 299 g/mol. The van der Waals surface area contributed by atoms with Crippen molar-refractivity contribution in [2.45, 2.75) is 25.4 Å². The number of nitrogens with one attached hydrogen (secondary N) is 2. The van der Waals surface area contributed by atoms with Gasteiger partial charge in [-0.15, -0.1) is 0 Å². The number of likely N-dealkylation sites (N-methyl/N-ethyl adjacent to an activating group) is 1. The van der Waals surface area contributed by atoms with Gasteiger partial charge in [-0.2, -0.15) is 0 Å². The summed E-state index contributed by atoms with van der Waals surface area (Å²) in [5.74, 6) is -1.93. The zero-order valence-electron chi connectivity index (χ0n) is 11.7. The topological polar surface area (TPSA) is 125 Å². The Kier molecular flexibility index (Phi) is 3.86. The minimum atomic E-state index is -1.22. The molecule has 2 fully saturated rings. The second kappa shape index (κ2) is 5.32. The molecule has 2 aliphatic rings. The van der Waals surface area contributed by atoms with E-state index in [4.69, 9.17) is 4.74 Å². The summed E-state index contributed by atoms with van der Waals surface area (Å²) in [6.45, 7) is 1.55. The van der Waals surface area contributed by atoms with E-state index in [1.165, 1.54) is 14.0 Å². The molecule has 0 aromatic heterocycles. The Labute approximate surface area is 120 Å². The van der Waals surface area contributed by atoms with E-state index >= 15 is 0 Å². The minimum absolute atomic E-state index is 0.00311. The normalized spacial score (nSPS) is 32.4. The number of hydrogen-bond donors (Lipinski definition) is 3. The van der Waals surface area contributed by atoms with E-state index in [0.29, 0.717) is 0 Å². The van der Waals surface area contributed by atoms with E-state index in [1.807, 2.05) is 0 Å². The maximum Gasteiger partial charge on any atom is 0.315 e. The Morgan fingerprint density at radius 2 is 2.05 bits per heavy atom. The quantitative estimate of drug-likeness (QED) is 0.547. The molecule has 9 heteroatoms. The number of likely N-dealkylation sites (tertiary alicyclic amines) is 1. The molecule has 0 spiro atoms. The molecule has 2 aliphatic heterocycles. The van der Waals surface area contributed by atoms with Gasteiger partial charge in [0.25, 0.3) is 5.91 Å². The summed E-state index contributed by atoms with van der Waals surface area (Å²) in [6, 6.07) is -2.32. The van der Waals surface area contributed by atoms with Crippen LogP contribution in [0.25, 0.3) is 0 Å². The lowest BCUT2D eigenvalue weighted by Crippen LogP contribution is -2.54. The second-order valence-electron chi connectivity index (χ2n) is 5.46. The van der Waals surface area contributed by atoms with Gasteiger partial charge in [0.05, 0.1) is 25.7 Å². The van der Waals surface area contributed by atoms with Crippen LogP contribution in [0.4, 0.5) is 4.79 Å². The van der Waals surface area contributed by atoms with Crippen LogP contribution in [0.15, 0.2) is 0 Å². The van der Waals surface area contributed by atoms with Crippen LogP contribution >= 0.6 is 0 Å². The molecule has 116 valence electrons. The van der Waals surface area contributed by atoms with Crippen LogP contribution in [0.3, 0.4) is 0 Å². The molecule has 0 aliphatic carbocycles. The zero-order valence-corrected chi connectivity index (χ0v) is 11.7. The Morgan fingerprint density at radius 3 is 2.57 bits per heavy atom. The number of rotatable bonds is 3. The van der Waals surface area contributed by atoms with E-state index < -0.39 is 35.4 Å². The van der Waals surface area contributed by atoms with Crippen LogP contribution in [0.2, 0.25) is 0 Å². The number of carboxylic acids is 1. The number of imide groups is 1. The second-order valence-corrected chi connectivity index (χ2v) is 5.46. The molecule has 2 rings (SSSR count). The molecular weight excluding hydrogens is 282 g/mol. The van der Waals surface area contributed by atoms with Crippen LogP contribution in [-0.4, -0.2) is 66.2 Å². The fourth-order valence-electron chi connectivity index (χ4n) is 2.31. The third kappa shape index (κ3) is 2.68. The summed E-state index contributed by atoms with van der Waals surface area (Å²) >= 11 is 0. The summed E-state index contributed by atoms with van der Waals surface area (Å²) in [4.78, 5) is 47.1. The molecule has 0 bridgehead atoms. The molecule has 3 unspecified atom stereocenters. The first-order valence-electron chi connectivity index (χ1n) is 6.44. The molecule has 2 saturated heterocycles. The molecule has 0 radical (unpaired) electrons. The maximum absolute atomic E-state index is 11.9. The molecular formula is C12H17N3O6. The average molecular weight is 299 g/mol. The van der Waals surface area contributed by atoms with Crippen molar-refractivity contribution in [3.8, 4) is 0 Å². The zero-order chi connectivity index (χ0) is 15.8. The van der Waals surface area contributed by atoms with Crippen molar-refractivity contribution in [2.75, 3.05) is 20.3 Å². The number of carbonyl (C=O) groups excluding carboxylic acids is 3. The highest BCUT2D eigenvalue weighted by atomic mass is 16.5. The van der Waals surface area contributed by atoms with E-state index in [1.54, 1.807) is 0 Å². The van der Waals surface area contributed by atoms with Crippen LogP contribution in [0.5, 0.6) is 0 Å². The Hall–Kier alpha value is -2.16. The van der Waals surface area contributed by atoms with Crippen molar-refractivity contribution in [3.63, 3.8) is 0 Å². The van der Waals surface area contributed by atoms with E-state index in [-0.39, 0.29) is 25.5 Å². The first-order valence-corrected chi connectivity index (χ1v) is 6.44. The lowest BCUT2D eigenvalue weighted by molar-refractivity contribution is -0.148. The highest BCUT2D eigenvalue weighted by Gasteiger charge is 2.47. The summed E-state index contributed by atoms with van der Waals surface area (Å²) in [6.07, 6.45) is -0.0971. The van der Waals surface area contributed by atoms with Crippen molar-refractivity contribution in [1.29, 1.82) is 0 Å². The van der Waals surface area contributed by atoms with Crippen molar-refractivity contribution >= 4 is 23.8 Å². The number of carbonyl (C=O) groups is 4. The molecule has 9 nitrogen and oxygen atoms in total. The van der Waals surface area contributed by atoms with E-state index in [0.717, 1.165) is 4.90 Å². The highest BCUT2D eigenvalue weighted by molar-refractivity contribution is 6.06. The first kappa shape index (κ1) is 15.2. The average Bonchev–Trinajstić information content (AvgIpc) is 2.88. The van der Waals surface area contributed by atoms with Gasteiger partial charge in [0.2, 0.25) is 5.91 Å². The number of aliphatic carboxylic acids is 1. The molecule has 21 heavy (non-hydrogen) atoms. The molecule has 4 amide bonds. The lowest BCUT2D eigenvalue weighted by atomic mass is 9.85. The summed E-state index contributed by atoms with van der Waals surface area (Å²) < 4.78 is 5.11. The highest BCUT2D eigenvalue weighted by Crippen LogP contribution is 2.28. The molecule has 2 heterocycles. The molecule has 0 aromatic carbocycles. The molecule has 0 saturated carbocycles. The van der Waals surface area contributed by atoms with Gasteiger partial charge >= 0.3 is 12.0 Å². The van der Waals surface area contributed by atoms with Crippen LogP contribution in [-0.2, 0) is 19.1 Å². The van der Waals surface area contributed by atoms with Crippen LogP contribution in [0, 0.1) is 5.41 Å². The Balaban J connectivity index is 1.95. The molecule has 3 atom stereocenters. The fraction of sp³-hybridized carbons (Fsp3) is 0.667. The van der Waals surface area contributed by atoms with Crippen LogP contribution in [0.1, 0.15) is 13.3 Å². The number of ether oxygens (including phenoxy) is 1. The Morgan fingerprint density at radius 1 is 1.38 bits per heavy atom. The largest absolute Gasteiger partial charge is 0.481 e. The standard InChI is InChI=1S/C12H17N3O6/c1-12(10(18)19)5-21-4-7(12)14-11(20)13-6-3-8(16)15(2)9(6)17/h6-7H,3-5H2,1-2H3,(H,18,19)(H2,13,14,20). The van der Waals surface area contributed by atoms with Gasteiger partial charge in [-0.3, -0.25) is 19.3 Å². The number of carboxylic acid groups (broad SMARTS) is 1. The Bertz CT molecular complexity index is 507. The SMILES string of the molecule is CN1C(=O)CC(NC(=O)NC2COCC2(C)C(=O)O)C1=O. The smallest absolute Gasteiger partial charge is 0.315 e. The molecule has 0 aromatic rings. The van der Waals surface area contributed by atoms with Crippen molar-refractivity contribution in [3.05, 3.63) is 0 Å². The maximum atomic E-state index is 11.9. The summed E-state index contributed by atoms with van der Waals surface area (Å²) in [5, 5.41) is 14.1. The van der Waals surface area contributed by atoms with E-state index in [9.17, 15) is 24.3 Å². The van der Waals surface area contributed by atoms with E-state index in [2.05, 4.69) is 10.6 Å². The van der Waals surface area contributed by atoms with Gasteiger partial charge in [0.15, 0.2) is 0 Å². The van der Waals surface area contributed by atoms with Gasteiger partial charge in [-0.25, -0.2) is 4.79 Å². The van der Waals surface area contributed by atoms with Gasteiger partial charge in [-0.1, -0.05) is 0 Å². The number of nitrogens with zero attached hydrogens (tertiary/aromatic N) is 1. The number of hydrogen-bond acceptors (Lipinski definition) is 5. The summed E-state index contributed by atoms with van der Waals surface area (Å²) in [7, 11) is 1.34. The van der Waals surface area contributed by atoms with Crippen molar-refractivity contribution in [2.24, 2.45) is 5.41 Å². The van der Waals surface area contributed by atoms with Crippen molar-refractivity contribution in [1.82, 2.24) is 15.5 Å². The molecule has 3 N–H and O–H groups in total. The predicted molar refractivity (Wildman–Crippen MR) is 68.2 cm³/mol. The minimum Gasteiger partial charge on any atom is -0.481 e. The third-order valence-corrected chi connectivity index (χ3v) is 3.94. The number of urea groups is 1. The summed E-state index contributed by atoms with van der Waals surface area (Å²) in [5.41, 5.74) is -1.22. The lowest BCUT2D eigenvalue weighted by Gasteiger charge is -2.26. The van der Waals surface area contributed by atoms with Gasteiger partial charge in [0, 0.05) is 7.05 Å². The predicted octanol–water partition coefficient (Wildman–Crippen LogP) is -1.47. The fourth-order valence-corrected chi connectivity index (χ4v) is 2.31. The van der Waals surface area contributed by atoms with Gasteiger partial charge < -0.3 is 20.5 Å². The van der Waals surface area contributed by atoms with Gasteiger partial charge in [0.1, 0.15) is 11.5 Å². The third-order valence-electron chi connectivity index (χ3n) is 3.94. The van der Waals surface area contributed by atoms with Crippen molar-refractivity contribution < 1.29 is 29.0 Å². The number of amides is 4. The first-order chi connectivity index (χ1) is 9.75.